The Balaban J connectivity index is 1.54. The molecule has 0 amide bonds. The zero-order valence-electron chi connectivity index (χ0n) is 16.2. The van der Waals surface area contributed by atoms with Gasteiger partial charge in [0.05, 0.1) is 12.0 Å². The number of rotatable bonds is 6. The molecule has 0 aliphatic heterocycles. The van der Waals surface area contributed by atoms with E-state index in [0.717, 1.165) is 11.4 Å². The third kappa shape index (κ3) is 3.63. The predicted molar refractivity (Wildman–Crippen MR) is 109 cm³/mol. The summed E-state index contributed by atoms with van der Waals surface area (Å²) in [6.07, 6.45) is 1.58. The molecule has 0 aliphatic carbocycles. The molecular formula is C21H19FN4O2S. The highest BCUT2D eigenvalue weighted by molar-refractivity contribution is 7.99. The minimum absolute atomic E-state index is 0.0201. The SMILES string of the molecule is Cc1cc(C(=O)CSc2nnc(-c3ccco3)n2C)c(C)n1-c1cccc(F)c1. The van der Waals surface area contributed by atoms with Crippen molar-refractivity contribution in [1.29, 1.82) is 0 Å². The maximum atomic E-state index is 13.6. The van der Waals surface area contributed by atoms with E-state index in [1.54, 1.807) is 23.0 Å². The highest BCUT2D eigenvalue weighted by atomic mass is 32.2. The number of hydrogen-bond acceptors (Lipinski definition) is 5. The summed E-state index contributed by atoms with van der Waals surface area (Å²) in [5.74, 6) is 1.12. The number of carbonyl (C=O) groups is 1. The van der Waals surface area contributed by atoms with Crippen molar-refractivity contribution < 1.29 is 13.6 Å². The molecular weight excluding hydrogens is 391 g/mol. The minimum Gasteiger partial charge on any atom is -0.461 e. The second-order valence-electron chi connectivity index (χ2n) is 6.65. The smallest absolute Gasteiger partial charge is 0.200 e. The molecule has 6 nitrogen and oxygen atoms in total. The number of carbonyl (C=O) groups excluding carboxylic acids is 1. The average Bonchev–Trinajstić information content (AvgIpc) is 3.40. The molecule has 0 saturated heterocycles. The molecule has 29 heavy (non-hydrogen) atoms. The second-order valence-corrected chi connectivity index (χ2v) is 7.60. The first-order valence-electron chi connectivity index (χ1n) is 9.00. The van der Waals surface area contributed by atoms with Gasteiger partial charge in [-0.05, 0) is 50.2 Å². The van der Waals surface area contributed by atoms with Crippen molar-refractivity contribution in [3.63, 3.8) is 0 Å². The zero-order chi connectivity index (χ0) is 20.5. The fraction of sp³-hybridized carbons (Fsp3) is 0.190. The van der Waals surface area contributed by atoms with Crippen molar-refractivity contribution >= 4 is 17.5 Å². The van der Waals surface area contributed by atoms with Gasteiger partial charge in [-0.3, -0.25) is 4.79 Å². The van der Waals surface area contributed by atoms with Crippen molar-refractivity contribution in [2.24, 2.45) is 7.05 Å². The maximum Gasteiger partial charge on any atom is 0.200 e. The van der Waals surface area contributed by atoms with Crippen molar-refractivity contribution in [3.8, 4) is 17.3 Å². The lowest BCUT2D eigenvalue weighted by Crippen LogP contribution is -2.06. The number of nitrogens with zero attached hydrogens (tertiary/aromatic N) is 4. The fourth-order valence-corrected chi connectivity index (χ4v) is 4.12. The molecule has 148 valence electrons. The van der Waals surface area contributed by atoms with Crippen LogP contribution >= 0.6 is 11.8 Å². The summed E-state index contributed by atoms with van der Waals surface area (Å²) >= 11 is 1.32. The number of Topliss-reactive ketones (excluding diaryl/α,β-unsaturated/α-hetero) is 1. The fourth-order valence-electron chi connectivity index (χ4n) is 3.33. The Bertz CT molecular complexity index is 1180. The minimum atomic E-state index is -0.312. The van der Waals surface area contributed by atoms with E-state index in [1.165, 1.54) is 23.9 Å². The van der Waals surface area contributed by atoms with Crippen LogP contribution in [0.25, 0.3) is 17.3 Å². The molecule has 0 fully saturated rings. The summed E-state index contributed by atoms with van der Waals surface area (Å²) < 4.78 is 22.7. The molecule has 4 aromatic rings. The van der Waals surface area contributed by atoms with Crippen LogP contribution < -0.4 is 0 Å². The topological polar surface area (TPSA) is 65.8 Å². The van der Waals surface area contributed by atoms with Crippen molar-refractivity contribution in [2.75, 3.05) is 5.75 Å². The maximum absolute atomic E-state index is 13.6. The Morgan fingerprint density at radius 3 is 2.72 bits per heavy atom. The van der Waals surface area contributed by atoms with Crippen LogP contribution in [0, 0.1) is 19.7 Å². The van der Waals surface area contributed by atoms with Gasteiger partial charge in [0.2, 0.25) is 0 Å². The molecule has 0 unspecified atom stereocenters. The number of halogens is 1. The van der Waals surface area contributed by atoms with Crippen molar-refractivity contribution in [3.05, 3.63) is 71.5 Å². The zero-order valence-corrected chi connectivity index (χ0v) is 17.0. The van der Waals surface area contributed by atoms with Crippen LogP contribution in [0.2, 0.25) is 0 Å². The molecule has 0 bridgehead atoms. The van der Waals surface area contributed by atoms with Gasteiger partial charge in [-0.1, -0.05) is 17.8 Å². The van der Waals surface area contributed by atoms with Gasteiger partial charge in [0.1, 0.15) is 5.82 Å². The molecule has 4 rings (SSSR count). The van der Waals surface area contributed by atoms with E-state index >= 15 is 0 Å². The molecule has 3 aromatic heterocycles. The van der Waals surface area contributed by atoms with Crippen LogP contribution in [0.15, 0.2) is 58.3 Å². The molecule has 8 heteroatoms. The number of ketones is 1. The Kier molecular flexibility index (Phi) is 5.10. The van der Waals surface area contributed by atoms with Crippen LogP contribution in [0.5, 0.6) is 0 Å². The standard InChI is InChI=1S/C21H19FN4O2S/c1-13-10-17(14(2)26(13)16-7-4-6-15(22)11-16)18(27)12-29-21-24-23-20(25(21)3)19-8-5-9-28-19/h4-11H,12H2,1-3H3. The van der Waals surface area contributed by atoms with Gasteiger partial charge in [0.15, 0.2) is 22.5 Å². The lowest BCUT2D eigenvalue weighted by Gasteiger charge is -2.10. The number of thioether (sulfide) groups is 1. The molecule has 0 atom stereocenters. The van der Waals surface area contributed by atoms with E-state index in [1.807, 2.05) is 43.7 Å². The number of hydrogen-bond donors (Lipinski definition) is 0. The summed E-state index contributed by atoms with van der Waals surface area (Å²) in [5.41, 5.74) is 2.98. The lowest BCUT2D eigenvalue weighted by molar-refractivity contribution is 0.102. The molecule has 0 radical (unpaired) electrons. The van der Waals surface area contributed by atoms with Crippen LogP contribution in [-0.2, 0) is 7.05 Å². The Labute approximate surface area is 171 Å². The van der Waals surface area contributed by atoms with E-state index in [2.05, 4.69) is 10.2 Å². The number of benzene rings is 1. The van der Waals surface area contributed by atoms with E-state index in [0.29, 0.717) is 28.0 Å². The Morgan fingerprint density at radius 1 is 1.17 bits per heavy atom. The quantitative estimate of drug-likeness (QED) is 0.343. The van der Waals surface area contributed by atoms with Crippen molar-refractivity contribution in [1.82, 2.24) is 19.3 Å². The van der Waals surface area contributed by atoms with Gasteiger partial charge >= 0.3 is 0 Å². The Hall–Kier alpha value is -3.13. The summed E-state index contributed by atoms with van der Waals surface area (Å²) in [4.78, 5) is 12.9. The van der Waals surface area contributed by atoms with E-state index in [-0.39, 0.29) is 17.4 Å². The first-order chi connectivity index (χ1) is 14.0. The van der Waals surface area contributed by atoms with Crippen LogP contribution in [0.3, 0.4) is 0 Å². The summed E-state index contributed by atoms with van der Waals surface area (Å²) in [6, 6.07) is 11.8. The average molecular weight is 410 g/mol. The molecule has 1 aromatic carbocycles. The number of furan rings is 1. The van der Waals surface area contributed by atoms with Gasteiger partial charge in [-0.15, -0.1) is 10.2 Å². The lowest BCUT2D eigenvalue weighted by atomic mass is 10.2. The van der Waals surface area contributed by atoms with E-state index < -0.39 is 0 Å². The number of aryl methyl sites for hydroxylation is 1. The Morgan fingerprint density at radius 2 is 2.00 bits per heavy atom. The normalized spacial score (nSPS) is 11.2. The molecule has 0 saturated carbocycles. The molecule has 0 aliphatic rings. The largest absolute Gasteiger partial charge is 0.461 e. The van der Waals surface area contributed by atoms with E-state index in [9.17, 15) is 9.18 Å². The monoisotopic (exact) mass is 410 g/mol. The van der Waals surface area contributed by atoms with Gasteiger partial charge < -0.3 is 13.6 Å². The first kappa shape index (κ1) is 19.2. The first-order valence-corrected chi connectivity index (χ1v) is 9.98. The molecule has 0 spiro atoms. The molecule has 0 N–H and O–H groups in total. The highest BCUT2D eigenvalue weighted by Crippen LogP contribution is 2.26. The predicted octanol–water partition coefficient (Wildman–Crippen LogP) is 4.60. The second kappa shape index (κ2) is 7.71. The van der Waals surface area contributed by atoms with Gasteiger partial charge in [-0.2, -0.15) is 0 Å². The van der Waals surface area contributed by atoms with Gasteiger partial charge in [-0.25, -0.2) is 4.39 Å². The van der Waals surface area contributed by atoms with Gasteiger partial charge in [0.25, 0.3) is 0 Å². The van der Waals surface area contributed by atoms with Crippen molar-refractivity contribution in [2.45, 2.75) is 19.0 Å². The van der Waals surface area contributed by atoms with Crippen LogP contribution in [-0.4, -0.2) is 30.9 Å². The van der Waals surface area contributed by atoms with Gasteiger partial charge in [0, 0.05) is 29.7 Å². The van der Waals surface area contributed by atoms with Crippen LogP contribution in [0.4, 0.5) is 4.39 Å². The summed E-state index contributed by atoms with van der Waals surface area (Å²) in [6.45, 7) is 3.77. The summed E-state index contributed by atoms with van der Waals surface area (Å²) in [7, 11) is 1.83. The molecule has 3 heterocycles. The summed E-state index contributed by atoms with van der Waals surface area (Å²) in [5, 5.41) is 8.93. The third-order valence-electron chi connectivity index (χ3n) is 4.71. The third-order valence-corrected chi connectivity index (χ3v) is 5.73. The van der Waals surface area contributed by atoms with Crippen LogP contribution in [0.1, 0.15) is 21.7 Å². The highest BCUT2D eigenvalue weighted by Gasteiger charge is 2.19. The number of aromatic nitrogens is 4. The van der Waals surface area contributed by atoms with E-state index in [4.69, 9.17) is 4.42 Å².